The molecule has 0 N–H and O–H groups in total. The number of aryl methyl sites for hydroxylation is 1. The Morgan fingerprint density at radius 3 is 1.35 bits per heavy atom. The van der Waals surface area contributed by atoms with Crippen molar-refractivity contribution in [2.24, 2.45) is 0 Å². The monoisotopic (exact) mass is 390 g/mol. The van der Waals surface area contributed by atoms with E-state index >= 15 is 0 Å². The minimum absolute atomic E-state index is 1.29. The van der Waals surface area contributed by atoms with Crippen molar-refractivity contribution in [3.05, 3.63) is 96.6 Å². The lowest BCUT2D eigenvalue weighted by Gasteiger charge is -2.22. The molecule has 0 radical (unpaired) electrons. The molecule has 0 heterocycles. The summed E-state index contributed by atoms with van der Waals surface area (Å²) in [7, 11) is 0. The van der Waals surface area contributed by atoms with Crippen LogP contribution >= 0.6 is 0 Å². The van der Waals surface area contributed by atoms with E-state index in [0.29, 0.717) is 0 Å². The Morgan fingerprint density at radius 2 is 0.806 bits per heavy atom. The Bertz CT molecular complexity index is 1860. The van der Waals surface area contributed by atoms with Crippen LogP contribution in [-0.4, -0.2) is 0 Å². The smallest absolute Gasteiger partial charge is 0.000763 e. The van der Waals surface area contributed by atoms with E-state index in [1.165, 1.54) is 81.3 Å². The Morgan fingerprint density at radius 1 is 0.387 bits per heavy atom. The second kappa shape index (κ2) is 5.22. The van der Waals surface area contributed by atoms with E-state index < -0.39 is 0 Å². The molecule has 0 nitrogen and oxygen atoms in total. The molecule has 142 valence electrons. The van der Waals surface area contributed by atoms with Gasteiger partial charge in [0.05, 0.1) is 0 Å². The number of hydrogen-bond acceptors (Lipinski definition) is 0. The van der Waals surface area contributed by atoms with Gasteiger partial charge in [0.15, 0.2) is 0 Å². The lowest BCUT2D eigenvalue weighted by Crippen LogP contribution is -1.94. The molecule has 0 unspecified atom stereocenters. The first-order chi connectivity index (χ1) is 15.3. The van der Waals surface area contributed by atoms with Crippen LogP contribution in [0.25, 0.3) is 75.8 Å². The summed E-state index contributed by atoms with van der Waals surface area (Å²) in [5, 5.41) is 16.6. The van der Waals surface area contributed by atoms with Gasteiger partial charge in [0, 0.05) is 0 Å². The molecule has 0 aliphatic heterocycles. The van der Waals surface area contributed by atoms with Gasteiger partial charge in [0.1, 0.15) is 0 Å². The van der Waals surface area contributed by atoms with E-state index in [9.17, 15) is 0 Å². The third-order valence-corrected chi connectivity index (χ3v) is 7.36. The molecule has 0 aliphatic rings. The molecule has 0 aliphatic carbocycles. The van der Waals surface area contributed by atoms with Gasteiger partial charge in [-0.3, -0.25) is 0 Å². The first kappa shape index (κ1) is 15.9. The van der Waals surface area contributed by atoms with E-state index in [1.54, 1.807) is 0 Å². The molecule has 0 saturated carbocycles. The lowest BCUT2D eigenvalue weighted by molar-refractivity contribution is 1.47. The van der Waals surface area contributed by atoms with Crippen molar-refractivity contribution in [3.8, 4) is 11.1 Å². The Labute approximate surface area is 179 Å². The molecular formula is C31H18. The first-order valence-electron chi connectivity index (χ1n) is 11.0. The van der Waals surface area contributed by atoms with Crippen LogP contribution in [0.1, 0.15) is 5.56 Å². The van der Waals surface area contributed by atoms with E-state index in [4.69, 9.17) is 0 Å². The zero-order chi connectivity index (χ0) is 20.3. The highest BCUT2D eigenvalue weighted by molar-refractivity contribution is 6.45. The SMILES string of the molecule is Cc1ccc(-c2cc3ccc4ccc5ccc6ccc7ccc2c2c7c6c5c4c32)cc1. The van der Waals surface area contributed by atoms with Gasteiger partial charge in [-0.05, 0) is 88.8 Å². The average molecular weight is 390 g/mol. The summed E-state index contributed by atoms with van der Waals surface area (Å²) in [5.41, 5.74) is 3.91. The standard InChI is InChI=1S/C31H18/c1-17-2-4-18(5-3-17)25-16-23-13-12-21-9-7-19-6-8-20-10-11-22-14-15-24(25)31-29(22)27(20)26(19)28(21)30(23)31/h2-16H,1H3. The molecule has 0 aromatic heterocycles. The minimum Gasteiger partial charge on any atom is -0.0587 e. The largest absolute Gasteiger partial charge is 0.0587 e. The molecule has 0 heteroatoms. The summed E-state index contributed by atoms with van der Waals surface area (Å²) in [5.74, 6) is 0. The second-order valence-corrected chi connectivity index (χ2v) is 9.03. The van der Waals surface area contributed by atoms with Gasteiger partial charge in [0.25, 0.3) is 0 Å². The second-order valence-electron chi connectivity index (χ2n) is 9.03. The van der Waals surface area contributed by atoms with Gasteiger partial charge in [-0.2, -0.15) is 0 Å². The van der Waals surface area contributed by atoms with Crippen LogP contribution in [0.5, 0.6) is 0 Å². The topological polar surface area (TPSA) is 0 Å². The first-order valence-corrected chi connectivity index (χ1v) is 11.0. The highest BCUT2D eigenvalue weighted by Crippen LogP contribution is 2.50. The molecule has 0 fully saturated rings. The normalized spacial score (nSPS) is 12.7. The summed E-state index contributed by atoms with van der Waals surface area (Å²) >= 11 is 0. The van der Waals surface area contributed by atoms with Gasteiger partial charge >= 0.3 is 0 Å². The van der Waals surface area contributed by atoms with Crippen molar-refractivity contribution >= 4 is 64.6 Å². The summed E-state index contributed by atoms with van der Waals surface area (Å²) < 4.78 is 0. The Kier molecular flexibility index (Phi) is 2.68. The van der Waals surface area contributed by atoms with Crippen molar-refractivity contribution < 1.29 is 0 Å². The van der Waals surface area contributed by atoms with Crippen LogP contribution in [0.2, 0.25) is 0 Å². The van der Waals surface area contributed by atoms with Crippen LogP contribution in [-0.2, 0) is 0 Å². The summed E-state index contributed by atoms with van der Waals surface area (Å²) in [6.07, 6.45) is 0. The molecule has 0 spiro atoms. The number of benzene rings is 8. The molecule has 8 aromatic carbocycles. The maximum absolute atomic E-state index is 2.40. The van der Waals surface area contributed by atoms with Gasteiger partial charge < -0.3 is 0 Å². The van der Waals surface area contributed by atoms with Gasteiger partial charge in [-0.1, -0.05) is 90.5 Å². The lowest BCUT2D eigenvalue weighted by atomic mass is 9.81. The fourth-order valence-corrected chi connectivity index (χ4v) is 5.96. The van der Waals surface area contributed by atoms with Crippen LogP contribution in [0.15, 0.2) is 91.0 Å². The Hall–Kier alpha value is -3.90. The maximum atomic E-state index is 2.40. The maximum Gasteiger partial charge on any atom is -0.000763 e. The average Bonchev–Trinajstić information content (AvgIpc) is 2.82. The predicted octanol–water partition coefficient (Wildman–Crippen LogP) is 8.89. The van der Waals surface area contributed by atoms with Crippen molar-refractivity contribution in [3.63, 3.8) is 0 Å². The van der Waals surface area contributed by atoms with E-state index in [1.807, 2.05) is 0 Å². The highest BCUT2D eigenvalue weighted by atomic mass is 14.2. The molecule has 31 heavy (non-hydrogen) atoms. The van der Waals surface area contributed by atoms with E-state index in [-0.39, 0.29) is 0 Å². The van der Waals surface area contributed by atoms with Crippen LogP contribution in [0, 0.1) is 6.92 Å². The molecule has 0 bridgehead atoms. The number of rotatable bonds is 1. The third kappa shape index (κ3) is 1.83. The summed E-state index contributed by atoms with van der Waals surface area (Å²) in [6.45, 7) is 2.15. The van der Waals surface area contributed by atoms with Crippen molar-refractivity contribution in [1.82, 2.24) is 0 Å². The van der Waals surface area contributed by atoms with Crippen LogP contribution in [0.4, 0.5) is 0 Å². The predicted molar refractivity (Wildman–Crippen MR) is 135 cm³/mol. The highest BCUT2D eigenvalue weighted by Gasteiger charge is 2.21. The fraction of sp³-hybridized carbons (Fsp3) is 0.0323. The summed E-state index contributed by atoms with van der Waals surface area (Å²) in [6, 6.07) is 34.4. The van der Waals surface area contributed by atoms with E-state index in [2.05, 4.69) is 97.9 Å². The molecule has 0 atom stereocenters. The molecule has 8 aromatic rings. The molecule has 0 amide bonds. The molecule has 0 saturated heterocycles. The third-order valence-electron chi connectivity index (χ3n) is 7.36. The van der Waals surface area contributed by atoms with Gasteiger partial charge in [0.2, 0.25) is 0 Å². The zero-order valence-corrected chi connectivity index (χ0v) is 17.2. The Balaban J connectivity index is 1.75. The molecular weight excluding hydrogens is 372 g/mol. The van der Waals surface area contributed by atoms with Crippen molar-refractivity contribution in [1.29, 1.82) is 0 Å². The molecule has 8 rings (SSSR count). The minimum atomic E-state index is 1.29. The number of hydrogen-bond donors (Lipinski definition) is 0. The summed E-state index contributed by atoms with van der Waals surface area (Å²) in [4.78, 5) is 0. The van der Waals surface area contributed by atoms with Crippen molar-refractivity contribution in [2.75, 3.05) is 0 Å². The van der Waals surface area contributed by atoms with Gasteiger partial charge in [-0.25, -0.2) is 0 Å². The van der Waals surface area contributed by atoms with Crippen molar-refractivity contribution in [2.45, 2.75) is 6.92 Å². The van der Waals surface area contributed by atoms with E-state index in [0.717, 1.165) is 0 Å². The zero-order valence-electron chi connectivity index (χ0n) is 17.2. The fourth-order valence-electron chi connectivity index (χ4n) is 5.96. The van der Waals surface area contributed by atoms with Gasteiger partial charge in [-0.15, -0.1) is 0 Å². The van der Waals surface area contributed by atoms with Crippen LogP contribution < -0.4 is 0 Å². The quantitative estimate of drug-likeness (QED) is 0.194. The van der Waals surface area contributed by atoms with Crippen LogP contribution in [0.3, 0.4) is 0 Å².